The van der Waals surface area contributed by atoms with Crippen LogP contribution in [0.2, 0.25) is 0 Å². The van der Waals surface area contributed by atoms with Crippen molar-refractivity contribution in [3.63, 3.8) is 0 Å². The standard InChI is InChI=1S/C18H22F4N2O2S/c1-12-9-13(19)14(10-15(12)27(26)11-18(20,21)22)23-5-7-24(8-6-23)16(25)17(2)3-4-17/h9-10H,3-8,11H2,1-2H3. The molecule has 1 heterocycles. The maximum Gasteiger partial charge on any atom is 0.400 e. The van der Waals surface area contributed by atoms with E-state index in [1.165, 1.54) is 13.0 Å². The summed E-state index contributed by atoms with van der Waals surface area (Å²) in [6, 6.07) is 2.38. The Hall–Kier alpha value is -1.64. The minimum absolute atomic E-state index is 0.00674. The highest BCUT2D eigenvalue weighted by molar-refractivity contribution is 7.85. The Bertz CT molecular complexity index is 769. The van der Waals surface area contributed by atoms with E-state index in [9.17, 15) is 26.6 Å². The van der Waals surface area contributed by atoms with Crippen LogP contribution in [0.1, 0.15) is 25.3 Å². The second-order valence-corrected chi connectivity index (χ2v) is 8.93. The molecule has 3 rings (SSSR count). The first-order valence-corrected chi connectivity index (χ1v) is 10.1. The van der Waals surface area contributed by atoms with Crippen molar-refractivity contribution in [2.45, 2.75) is 37.8 Å². The number of aryl methyl sites for hydroxylation is 1. The Balaban J connectivity index is 1.74. The first-order chi connectivity index (χ1) is 12.5. The molecule has 9 heteroatoms. The average Bonchev–Trinajstić information content (AvgIpc) is 3.32. The van der Waals surface area contributed by atoms with E-state index in [1.807, 2.05) is 6.92 Å². The van der Waals surface area contributed by atoms with Gasteiger partial charge in [0, 0.05) is 36.5 Å². The van der Waals surface area contributed by atoms with Crippen molar-refractivity contribution < 1.29 is 26.6 Å². The number of halogens is 4. The second kappa shape index (κ2) is 7.07. The maximum atomic E-state index is 14.4. The van der Waals surface area contributed by atoms with Crippen LogP contribution in [-0.4, -0.2) is 53.1 Å². The fraction of sp³-hybridized carbons (Fsp3) is 0.611. The van der Waals surface area contributed by atoms with Gasteiger partial charge in [-0.25, -0.2) is 4.39 Å². The van der Waals surface area contributed by atoms with Crippen LogP contribution in [0.4, 0.5) is 23.2 Å². The number of hydrogen-bond acceptors (Lipinski definition) is 3. The molecule has 1 amide bonds. The van der Waals surface area contributed by atoms with Gasteiger partial charge in [-0.2, -0.15) is 13.2 Å². The number of amides is 1. The molecule has 1 saturated carbocycles. The first-order valence-electron chi connectivity index (χ1n) is 8.80. The van der Waals surface area contributed by atoms with E-state index < -0.39 is 28.5 Å². The quantitative estimate of drug-likeness (QED) is 0.721. The van der Waals surface area contributed by atoms with Gasteiger partial charge in [0.15, 0.2) is 0 Å². The summed E-state index contributed by atoms with van der Waals surface area (Å²) in [6.07, 6.45) is -2.79. The summed E-state index contributed by atoms with van der Waals surface area (Å²) in [5, 5.41) is 0. The van der Waals surface area contributed by atoms with Crippen LogP contribution >= 0.6 is 0 Å². The number of carbonyl (C=O) groups is 1. The molecule has 2 fully saturated rings. The number of rotatable bonds is 4. The third-order valence-electron chi connectivity index (χ3n) is 5.21. The van der Waals surface area contributed by atoms with Gasteiger partial charge < -0.3 is 9.80 Å². The lowest BCUT2D eigenvalue weighted by Crippen LogP contribution is -2.50. The van der Waals surface area contributed by atoms with Crippen LogP contribution in [0.3, 0.4) is 0 Å². The molecule has 0 aromatic heterocycles. The predicted molar refractivity (Wildman–Crippen MR) is 94.6 cm³/mol. The van der Waals surface area contributed by atoms with Gasteiger partial charge in [0.05, 0.1) is 16.5 Å². The van der Waals surface area contributed by atoms with Gasteiger partial charge in [-0.1, -0.05) is 6.92 Å². The molecular weight excluding hydrogens is 384 g/mol. The lowest BCUT2D eigenvalue weighted by Gasteiger charge is -2.37. The zero-order valence-corrected chi connectivity index (χ0v) is 16.1. The van der Waals surface area contributed by atoms with E-state index in [0.29, 0.717) is 26.2 Å². The molecular formula is C18H22F4N2O2S. The number of piperazine rings is 1. The number of hydrogen-bond donors (Lipinski definition) is 0. The number of alkyl halides is 3. The van der Waals surface area contributed by atoms with Gasteiger partial charge in [-0.15, -0.1) is 0 Å². The van der Waals surface area contributed by atoms with Crippen LogP contribution in [0.25, 0.3) is 0 Å². The zero-order chi connectivity index (χ0) is 20.0. The molecule has 27 heavy (non-hydrogen) atoms. The van der Waals surface area contributed by atoms with Crippen molar-refractivity contribution in [1.82, 2.24) is 4.90 Å². The molecule has 1 unspecified atom stereocenters. The van der Waals surface area contributed by atoms with Crippen molar-refractivity contribution in [3.8, 4) is 0 Å². The summed E-state index contributed by atoms with van der Waals surface area (Å²) in [5.74, 6) is -1.91. The van der Waals surface area contributed by atoms with E-state index in [1.54, 1.807) is 9.80 Å². The fourth-order valence-corrected chi connectivity index (χ4v) is 4.40. The van der Waals surface area contributed by atoms with Crippen LogP contribution in [0.5, 0.6) is 0 Å². The van der Waals surface area contributed by atoms with E-state index in [2.05, 4.69) is 0 Å². The smallest absolute Gasteiger partial charge is 0.366 e. The lowest BCUT2D eigenvalue weighted by atomic mass is 10.1. The Morgan fingerprint density at radius 1 is 1.19 bits per heavy atom. The molecule has 0 bridgehead atoms. The van der Waals surface area contributed by atoms with Crippen LogP contribution in [0, 0.1) is 18.2 Å². The highest BCUT2D eigenvalue weighted by Gasteiger charge is 2.47. The average molecular weight is 406 g/mol. The summed E-state index contributed by atoms with van der Waals surface area (Å²) in [7, 11) is -2.29. The summed E-state index contributed by atoms with van der Waals surface area (Å²) < 4.78 is 64.2. The van der Waals surface area contributed by atoms with E-state index in [-0.39, 0.29) is 27.5 Å². The Morgan fingerprint density at radius 2 is 1.78 bits per heavy atom. The Labute approximate surface area is 158 Å². The molecule has 1 atom stereocenters. The Kier molecular flexibility index (Phi) is 5.26. The normalized spacial score (nSPS) is 20.5. The van der Waals surface area contributed by atoms with Crippen LogP contribution < -0.4 is 4.90 Å². The van der Waals surface area contributed by atoms with E-state index in [4.69, 9.17) is 0 Å². The molecule has 4 nitrogen and oxygen atoms in total. The highest BCUT2D eigenvalue weighted by atomic mass is 32.2. The molecule has 1 aliphatic carbocycles. The number of nitrogens with zero attached hydrogens (tertiary/aromatic N) is 2. The summed E-state index contributed by atoms with van der Waals surface area (Å²) in [6.45, 7) is 5.01. The van der Waals surface area contributed by atoms with Crippen molar-refractivity contribution in [2.24, 2.45) is 5.41 Å². The van der Waals surface area contributed by atoms with Crippen molar-refractivity contribution in [1.29, 1.82) is 0 Å². The molecule has 0 N–H and O–H groups in total. The van der Waals surface area contributed by atoms with Crippen molar-refractivity contribution in [3.05, 3.63) is 23.5 Å². The van der Waals surface area contributed by atoms with Gasteiger partial charge in [0.2, 0.25) is 5.91 Å². The van der Waals surface area contributed by atoms with Gasteiger partial charge in [-0.05, 0) is 37.5 Å². The summed E-state index contributed by atoms with van der Waals surface area (Å²) >= 11 is 0. The lowest BCUT2D eigenvalue weighted by molar-refractivity contribution is -0.136. The number of benzene rings is 1. The van der Waals surface area contributed by atoms with Gasteiger partial charge in [0.1, 0.15) is 11.6 Å². The van der Waals surface area contributed by atoms with Crippen LogP contribution in [-0.2, 0) is 15.6 Å². The monoisotopic (exact) mass is 406 g/mol. The van der Waals surface area contributed by atoms with Crippen LogP contribution in [0.15, 0.2) is 17.0 Å². The van der Waals surface area contributed by atoms with E-state index in [0.717, 1.165) is 18.9 Å². The highest BCUT2D eigenvalue weighted by Crippen LogP contribution is 2.46. The van der Waals surface area contributed by atoms with Gasteiger partial charge in [-0.3, -0.25) is 9.00 Å². The second-order valence-electron chi connectivity index (χ2n) is 7.51. The van der Waals surface area contributed by atoms with Crippen molar-refractivity contribution >= 4 is 22.4 Å². The molecule has 2 aliphatic rings. The minimum Gasteiger partial charge on any atom is -0.366 e. The molecule has 1 aliphatic heterocycles. The third kappa shape index (κ3) is 4.44. The summed E-state index contributed by atoms with van der Waals surface area (Å²) in [5.41, 5.74) is 0.101. The molecule has 1 aromatic rings. The number of anilines is 1. The molecule has 1 aromatic carbocycles. The van der Waals surface area contributed by atoms with Crippen molar-refractivity contribution in [2.75, 3.05) is 36.8 Å². The van der Waals surface area contributed by atoms with Gasteiger partial charge >= 0.3 is 6.18 Å². The molecule has 150 valence electrons. The topological polar surface area (TPSA) is 40.6 Å². The minimum atomic E-state index is -4.56. The fourth-order valence-electron chi connectivity index (χ4n) is 3.29. The number of carbonyl (C=O) groups excluding carboxylic acids is 1. The zero-order valence-electron chi connectivity index (χ0n) is 15.2. The Morgan fingerprint density at radius 3 is 2.30 bits per heavy atom. The van der Waals surface area contributed by atoms with Gasteiger partial charge in [0.25, 0.3) is 0 Å². The largest absolute Gasteiger partial charge is 0.400 e. The van der Waals surface area contributed by atoms with E-state index >= 15 is 0 Å². The molecule has 0 radical (unpaired) electrons. The molecule has 1 saturated heterocycles. The first kappa shape index (κ1) is 20.1. The maximum absolute atomic E-state index is 14.4. The molecule has 0 spiro atoms. The third-order valence-corrected chi connectivity index (χ3v) is 6.73. The SMILES string of the molecule is Cc1cc(F)c(N2CCN(C(=O)C3(C)CC3)CC2)cc1S(=O)CC(F)(F)F. The predicted octanol–water partition coefficient (Wildman–Crippen LogP) is 3.25. The summed E-state index contributed by atoms with van der Waals surface area (Å²) in [4.78, 5) is 15.9.